The van der Waals surface area contributed by atoms with Crippen LogP contribution >= 0.6 is 11.6 Å². The lowest BCUT2D eigenvalue weighted by Crippen LogP contribution is -2.32. The number of amides is 1. The second-order valence-corrected chi connectivity index (χ2v) is 3.73. The van der Waals surface area contributed by atoms with Crippen LogP contribution in [0.25, 0.3) is 0 Å². The molecule has 92 valence electrons. The maximum absolute atomic E-state index is 11.8. The Labute approximate surface area is 106 Å². The molecule has 0 fully saturated rings. The van der Waals surface area contributed by atoms with Crippen molar-refractivity contribution >= 4 is 23.5 Å². The minimum absolute atomic E-state index is 0.205. The Hall–Kier alpha value is -1.55. The van der Waals surface area contributed by atoms with Crippen LogP contribution in [0.1, 0.15) is 23.7 Å². The Morgan fingerprint density at radius 2 is 2.18 bits per heavy atom. The molecule has 0 spiro atoms. The SMILES string of the molecule is CCCN=C(NC(=O)c1ccccc1Cl)OC. The van der Waals surface area contributed by atoms with Gasteiger partial charge in [-0.2, -0.15) is 0 Å². The lowest BCUT2D eigenvalue weighted by molar-refractivity contribution is 0.0968. The molecule has 0 unspecified atom stereocenters. The van der Waals surface area contributed by atoms with Gasteiger partial charge >= 0.3 is 0 Å². The van der Waals surface area contributed by atoms with Crippen LogP contribution in [0.5, 0.6) is 0 Å². The molecule has 1 rings (SSSR count). The number of methoxy groups -OCH3 is 1. The van der Waals surface area contributed by atoms with Crippen LogP contribution in [0, 0.1) is 0 Å². The molecule has 1 amide bonds. The number of rotatable bonds is 3. The summed E-state index contributed by atoms with van der Waals surface area (Å²) in [5.41, 5.74) is 0.399. The second kappa shape index (κ2) is 6.91. The molecular weight excluding hydrogens is 240 g/mol. The lowest BCUT2D eigenvalue weighted by Gasteiger charge is -2.07. The Balaban J connectivity index is 2.75. The minimum atomic E-state index is -0.327. The van der Waals surface area contributed by atoms with E-state index in [1.807, 2.05) is 6.92 Å². The summed E-state index contributed by atoms with van der Waals surface area (Å²) < 4.78 is 4.96. The third kappa shape index (κ3) is 4.07. The van der Waals surface area contributed by atoms with E-state index in [1.165, 1.54) is 7.11 Å². The Morgan fingerprint density at radius 1 is 1.47 bits per heavy atom. The van der Waals surface area contributed by atoms with Crippen molar-refractivity contribution < 1.29 is 9.53 Å². The number of amidine groups is 1. The molecule has 0 atom stereocenters. The Kier molecular flexibility index (Phi) is 5.49. The fourth-order valence-corrected chi connectivity index (χ4v) is 1.40. The molecule has 1 aromatic rings. The molecule has 17 heavy (non-hydrogen) atoms. The fraction of sp³-hybridized carbons (Fsp3) is 0.333. The van der Waals surface area contributed by atoms with Crippen LogP contribution in [0.15, 0.2) is 29.3 Å². The van der Waals surface area contributed by atoms with Gasteiger partial charge in [-0.05, 0) is 18.6 Å². The molecule has 0 bridgehead atoms. The molecule has 0 radical (unpaired) electrons. The molecule has 0 saturated heterocycles. The van der Waals surface area contributed by atoms with Gasteiger partial charge in [0.15, 0.2) is 0 Å². The van der Waals surface area contributed by atoms with Crippen LogP contribution in [0.2, 0.25) is 5.02 Å². The lowest BCUT2D eigenvalue weighted by atomic mass is 10.2. The molecule has 0 aliphatic carbocycles. The monoisotopic (exact) mass is 254 g/mol. The maximum atomic E-state index is 11.8. The fourth-order valence-electron chi connectivity index (χ4n) is 1.18. The number of carbonyl (C=O) groups is 1. The molecule has 5 heteroatoms. The number of benzene rings is 1. The van der Waals surface area contributed by atoms with Crippen molar-refractivity contribution in [2.75, 3.05) is 13.7 Å². The van der Waals surface area contributed by atoms with E-state index in [4.69, 9.17) is 16.3 Å². The molecule has 4 nitrogen and oxygen atoms in total. The van der Waals surface area contributed by atoms with E-state index in [9.17, 15) is 4.79 Å². The first-order chi connectivity index (χ1) is 8.19. The highest BCUT2D eigenvalue weighted by atomic mass is 35.5. The quantitative estimate of drug-likeness (QED) is 0.666. The van der Waals surface area contributed by atoms with E-state index in [-0.39, 0.29) is 11.9 Å². The van der Waals surface area contributed by atoms with E-state index in [0.29, 0.717) is 17.1 Å². The summed E-state index contributed by atoms with van der Waals surface area (Å²) in [6, 6.07) is 7.02. The highest BCUT2D eigenvalue weighted by Crippen LogP contribution is 2.14. The molecule has 0 aliphatic rings. The van der Waals surface area contributed by atoms with Crippen molar-refractivity contribution in [1.82, 2.24) is 5.32 Å². The van der Waals surface area contributed by atoms with E-state index in [0.717, 1.165) is 6.42 Å². The number of hydrogen-bond acceptors (Lipinski definition) is 3. The molecule has 1 aromatic carbocycles. The Bertz CT molecular complexity index is 419. The smallest absolute Gasteiger partial charge is 0.291 e. The molecular formula is C12H15ClN2O2. The highest BCUT2D eigenvalue weighted by molar-refractivity contribution is 6.34. The number of nitrogens with one attached hydrogen (secondary N) is 1. The first-order valence-electron chi connectivity index (χ1n) is 5.33. The van der Waals surface area contributed by atoms with Gasteiger partial charge in [-0.1, -0.05) is 30.7 Å². The van der Waals surface area contributed by atoms with E-state index in [1.54, 1.807) is 24.3 Å². The molecule has 1 N–H and O–H groups in total. The third-order valence-corrected chi connectivity index (χ3v) is 2.34. The first kappa shape index (κ1) is 13.5. The molecule has 0 aliphatic heterocycles. The zero-order valence-corrected chi connectivity index (χ0v) is 10.6. The van der Waals surface area contributed by atoms with Crippen LogP contribution in [0.3, 0.4) is 0 Å². The van der Waals surface area contributed by atoms with Crippen LogP contribution in [-0.4, -0.2) is 25.6 Å². The molecule has 0 heterocycles. The number of halogens is 1. The number of ether oxygens (including phenoxy) is 1. The van der Waals surface area contributed by atoms with Crippen LogP contribution < -0.4 is 5.32 Å². The molecule has 0 aromatic heterocycles. The van der Waals surface area contributed by atoms with Gasteiger partial charge in [0.25, 0.3) is 11.9 Å². The number of hydrogen-bond donors (Lipinski definition) is 1. The van der Waals surface area contributed by atoms with Gasteiger partial charge in [-0.3, -0.25) is 10.1 Å². The number of carbonyl (C=O) groups excluding carboxylic acids is 1. The normalized spacial score (nSPS) is 11.1. The van der Waals surface area contributed by atoms with Crippen molar-refractivity contribution in [3.8, 4) is 0 Å². The number of aliphatic imine (C=N–C) groups is 1. The minimum Gasteiger partial charge on any atom is -0.468 e. The average Bonchev–Trinajstić information content (AvgIpc) is 2.34. The summed E-state index contributed by atoms with van der Waals surface area (Å²) in [7, 11) is 1.46. The van der Waals surface area contributed by atoms with Crippen LogP contribution in [-0.2, 0) is 4.74 Å². The maximum Gasteiger partial charge on any atom is 0.291 e. The Morgan fingerprint density at radius 3 is 2.76 bits per heavy atom. The van der Waals surface area contributed by atoms with Gasteiger partial charge in [-0.25, -0.2) is 4.99 Å². The summed E-state index contributed by atoms with van der Waals surface area (Å²) in [6.07, 6.45) is 0.884. The van der Waals surface area contributed by atoms with Crippen molar-refractivity contribution in [3.05, 3.63) is 34.9 Å². The third-order valence-electron chi connectivity index (χ3n) is 2.01. The number of nitrogens with zero attached hydrogens (tertiary/aromatic N) is 1. The summed E-state index contributed by atoms with van der Waals surface area (Å²) in [5, 5.41) is 2.96. The topological polar surface area (TPSA) is 50.7 Å². The van der Waals surface area contributed by atoms with Gasteiger partial charge in [0, 0.05) is 6.54 Å². The summed E-state index contributed by atoms with van der Waals surface area (Å²) in [4.78, 5) is 15.9. The van der Waals surface area contributed by atoms with Gasteiger partial charge in [0.2, 0.25) is 0 Å². The standard InChI is InChI=1S/C12H15ClN2O2/c1-3-8-14-12(17-2)15-11(16)9-6-4-5-7-10(9)13/h4-7H,3,8H2,1-2H3,(H,14,15,16). The second-order valence-electron chi connectivity index (χ2n) is 3.32. The van der Waals surface area contributed by atoms with E-state index < -0.39 is 0 Å². The van der Waals surface area contributed by atoms with Gasteiger partial charge in [0.1, 0.15) is 0 Å². The van der Waals surface area contributed by atoms with Gasteiger partial charge in [0.05, 0.1) is 17.7 Å². The van der Waals surface area contributed by atoms with Gasteiger partial charge in [-0.15, -0.1) is 0 Å². The average molecular weight is 255 g/mol. The van der Waals surface area contributed by atoms with Gasteiger partial charge < -0.3 is 4.74 Å². The predicted octanol–water partition coefficient (Wildman–Crippen LogP) is 2.48. The zero-order chi connectivity index (χ0) is 12.7. The largest absolute Gasteiger partial charge is 0.468 e. The first-order valence-corrected chi connectivity index (χ1v) is 5.71. The van der Waals surface area contributed by atoms with Crippen molar-refractivity contribution in [2.45, 2.75) is 13.3 Å². The predicted molar refractivity (Wildman–Crippen MR) is 68.5 cm³/mol. The van der Waals surface area contributed by atoms with Crippen molar-refractivity contribution in [2.24, 2.45) is 4.99 Å². The van der Waals surface area contributed by atoms with Crippen molar-refractivity contribution in [3.63, 3.8) is 0 Å². The summed E-state index contributed by atoms with van der Waals surface area (Å²) in [6.45, 7) is 2.60. The van der Waals surface area contributed by atoms with Crippen LogP contribution in [0.4, 0.5) is 0 Å². The zero-order valence-electron chi connectivity index (χ0n) is 9.87. The van der Waals surface area contributed by atoms with E-state index >= 15 is 0 Å². The molecule has 0 saturated carbocycles. The highest BCUT2D eigenvalue weighted by Gasteiger charge is 2.11. The van der Waals surface area contributed by atoms with Crippen molar-refractivity contribution in [1.29, 1.82) is 0 Å². The summed E-state index contributed by atoms with van der Waals surface area (Å²) >= 11 is 5.91. The summed E-state index contributed by atoms with van der Waals surface area (Å²) in [5.74, 6) is -0.327. The van der Waals surface area contributed by atoms with E-state index in [2.05, 4.69) is 10.3 Å².